The highest BCUT2D eigenvalue weighted by atomic mass is 35.5. The maximum Gasteiger partial charge on any atom is 0.261 e. The van der Waals surface area contributed by atoms with Gasteiger partial charge < -0.3 is 23.7 Å². The summed E-state index contributed by atoms with van der Waals surface area (Å²) in [5.74, 6) is 0.971. The van der Waals surface area contributed by atoms with Gasteiger partial charge in [0.1, 0.15) is 18.1 Å². The van der Waals surface area contributed by atoms with Crippen molar-refractivity contribution in [2.45, 2.75) is 44.4 Å². The lowest BCUT2D eigenvalue weighted by Gasteiger charge is -2.28. The predicted octanol–water partition coefficient (Wildman–Crippen LogP) is 3.51. The molecular weight excluding hydrogens is 420 g/mol. The molecule has 1 aliphatic heterocycles. The van der Waals surface area contributed by atoms with E-state index in [9.17, 15) is 9.59 Å². The highest BCUT2D eigenvalue weighted by Crippen LogP contribution is 2.27. The fraction of sp³-hybridized carbons (Fsp3) is 0.478. The third kappa shape index (κ3) is 6.24. The number of hydrogen-bond acceptors (Lipinski definition) is 5. The van der Waals surface area contributed by atoms with Crippen molar-refractivity contribution >= 4 is 23.4 Å². The van der Waals surface area contributed by atoms with Crippen molar-refractivity contribution in [1.82, 2.24) is 9.80 Å². The Morgan fingerprint density at radius 2 is 1.90 bits per heavy atom. The second kappa shape index (κ2) is 10.2. The summed E-state index contributed by atoms with van der Waals surface area (Å²) in [6.45, 7) is 1.49. The molecule has 0 N–H and O–H groups in total. The maximum atomic E-state index is 13.2. The maximum absolute atomic E-state index is 13.2. The molecule has 1 aromatic heterocycles. The molecule has 1 saturated heterocycles. The van der Waals surface area contributed by atoms with Crippen LogP contribution in [0.3, 0.4) is 0 Å². The number of nitrogens with zero attached hydrogens (tertiary/aromatic N) is 2. The van der Waals surface area contributed by atoms with E-state index in [1.165, 1.54) is 0 Å². The molecule has 1 atom stereocenters. The molecular formula is C23H27ClN2O5. The second-order valence-corrected chi connectivity index (χ2v) is 8.42. The lowest BCUT2D eigenvalue weighted by molar-refractivity contribution is -0.143. The van der Waals surface area contributed by atoms with Gasteiger partial charge in [0, 0.05) is 24.2 Å². The van der Waals surface area contributed by atoms with Crippen LogP contribution >= 0.6 is 11.6 Å². The molecule has 2 aromatic rings. The van der Waals surface area contributed by atoms with Gasteiger partial charge in [0.2, 0.25) is 5.91 Å². The SMILES string of the molecule is O=C(CN(C(=O)COc1ccc(Cl)cc1)C1CC1)N(Cc1ccco1)CC1CCCO1. The normalized spacial score (nSPS) is 18.0. The van der Waals surface area contributed by atoms with Gasteiger partial charge in [-0.25, -0.2) is 0 Å². The van der Waals surface area contributed by atoms with Crippen molar-refractivity contribution in [3.63, 3.8) is 0 Å². The molecule has 1 aliphatic carbocycles. The summed E-state index contributed by atoms with van der Waals surface area (Å²) in [6, 6.07) is 10.6. The van der Waals surface area contributed by atoms with Gasteiger partial charge in [0.05, 0.1) is 18.9 Å². The van der Waals surface area contributed by atoms with E-state index in [4.69, 9.17) is 25.5 Å². The van der Waals surface area contributed by atoms with E-state index >= 15 is 0 Å². The van der Waals surface area contributed by atoms with Gasteiger partial charge in [-0.2, -0.15) is 0 Å². The highest BCUT2D eigenvalue weighted by molar-refractivity contribution is 6.30. The Morgan fingerprint density at radius 3 is 2.55 bits per heavy atom. The highest BCUT2D eigenvalue weighted by Gasteiger charge is 2.35. The number of furan rings is 1. The monoisotopic (exact) mass is 446 g/mol. The summed E-state index contributed by atoms with van der Waals surface area (Å²) in [5, 5.41) is 0.603. The van der Waals surface area contributed by atoms with E-state index in [-0.39, 0.29) is 37.1 Å². The number of amides is 2. The van der Waals surface area contributed by atoms with Crippen molar-refractivity contribution < 1.29 is 23.5 Å². The van der Waals surface area contributed by atoms with Gasteiger partial charge >= 0.3 is 0 Å². The Labute approximate surface area is 186 Å². The van der Waals surface area contributed by atoms with Crippen LogP contribution in [0, 0.1) is 0 Å². The standard InChI is InChI=1S/C23H27ClN2O5/c24-17-5-9-19(10-6-17)31-16-23(28)26(18-7-8-18)15-22(27)25(13-20-3-1-11-29-20)14-21-4-2-12-30-21/h1,3,5-6,9-11,18,21H,2,4,7-8,12-16H2. The first-order valence-electron chi connectivity index (χ1n) is 10.7. The van der Waals surface area contributed by atoms with E-state index in [2.05, 4.69) is 0 Å². The van der Waals surface area contributed by atoms with E-state index in [0.29, 0.717) is 29.6 Å². The molecule has 8 heteroatoms. The molecule has 4 rings (SSSR count). The van der Waals surface area contributed by atoms with Crippen LogP contribution in [-0.4, -0.2) is 60.1 Å². The number of ether oxygens (including phenoxy) is 2. The summed E-state index contributed by atoms with van der Waals surface area (Å²) in [6.07, 6.45) is 5.37. The third-order valence-electron chi connectivity index (χ3n) is 5.52. The topological polar surface area (TPSA) is 72.2 Å². The van der Waals surface area contributed by atoms with E-state index in [1.807, 2.05) is 6.07 Å². The van der Waals surface area contributed by atoms with Gasteiger partial charge in [-0.15, -0.1) is 0 Å². The summed E-state index contributed by atoms with van der Waals surface area (Å²) < 4.78 is 16.8. The molecule has 1 saturated carbocycles. The van der Waals surface area contributed by atoms with Gasteiger partial charge in [0.25, 0.3) is 5.91 Å². The Balaban J connectivity index is 1.37. The average molecular weight is 447 g/mol. The zero-order chi connectivity index (χ0) is 21.6. The van der Waals surface area contributed by atoms with Crippen molar-refractivity contribution in [3.8, 4) is 5.75 Å². The lowest BCUT2D eigenvalue weighted by Crippen LogP contribution is -2.47. The summed E-state index contributed by atoms with van der Waals surface area (Å²) in [4.78, 5) is 29.4. The molecule has 166 valence electrons. The summed E-state index contributed by atoms with van der Waals surface area (Å²) in [7, 11) is 0. The minimum absolute atomic E-state index is 0.0252. The summed E-state index contributed by atoms with van der Waals surface area (Å²) in [5.41, 5.74) is 0. The quantitative estimate of drug-likeness (QED) is 0.558. The molecule has 31 heavy (non-hydrogen) atoms. The van der Waals surface area contributed by atoms with Crippen LogP contribution in [-0.2, 0) is 20.9 Å². The fourth-order valence-corrected chi connectivity index (χ4v) is 3.82. The first-order chi connectivity index (χ1) is 15.1. The van der Waals surface area contributed by atoms with Gasteiger partial charge in [-0.3, -0.25) is 9.59 Å². The number of benzene rings is 1. The first kappa shape index (κ1) is 21.7. The molecule has 0 radical (unpaired) electrons. The van der Waals surface area contributed by atoms with Crippen LogP contribution < -0.4 is 4.74 Å². The summed E-state index contributed by atoms with van der Waals surface area (Å²) >= 11 is 5.88. The van der Waals surface area contributed by atoms with Crippen LogP contribution in [0.5, 0.6) is 5.75 Å². The number of hydrogen-bond donors (Lipinski definition) is 0. The van der Waals surface area contributed by atoms with E-state index in [1.54, 1.807) is 46.4 Å². The molecule has 2 amide bonds. The van der Waals surface area contributed by atoms with E-state index < -0.39 is 0 Å². The number of halogens is 1. The Morgan fingerprint density at radius 1 is 1.10 bits per heavy atom. The Hall–Kier alpha value is -2.51. The zero-order valence-corrected chi connectivity index (χ0v) is 18.1. The fourth-order valence-electron chi connectivity index (χ4n) is 3.69. The zero-order valence-electron chi connectivity index (χ0n) is 17.4. The number of rotatable bonds is 10. The molecule has 0 spiro atoms. The van der Waals surface area contributed by atoms with Crippen molar-refractivity contribution in [3.05, 3.63) is 53.4 Å². The van der Waals surface area contributed by atoms with Crippen LogP contribution in [0.25, 0.3) is 0 Å². The average Bonchev–Trinajstić information content (AvgIpc) is 3.22. The van der Waals surface area contributed by atoms with E-state index in [0.717, 1.165) is 32.3 Å². The number of carbonyl (C=O) groups is 2. The lowest BCUT2D eigenvalue weighted by atomic mass is 10.2. The largest absolute Gasteiger partial charge is 0.484 e. The molecule has 0 bridgehead atoms. The van der Waals surface area contributed by atoms with Crippen LogP contribution in [0.15, 0.2) is 47.1 Å². The molecule has 2 heterocycles. The molecule has 1 unspecified atom stereocenters. The van der Waals surface area contributed by atoms with Crippen LogP contribution in [0.4, 0.5) is 0 Å². The van der Waals surface area contributed by atoms with Crippen molar-refractivity contribution in [1.29, 1.82) is 0 Å². The number of carbonyl (C=O) groups excluding carboxylic acids is 2. The minimum Gasteiger partial charge on any atom is -0.484 e. The van der Waals surface area contributed by atoms with Gasteiger partial charge in [-0.05, 0) is 62.1 Å². The Kier molecular flexibility index (Phi) is 7.14. The smallest absolute Gasteiger partial charge is 0.261 e. The van der Waals surface area contributed by atoms with Gasteiger partial charge in [-0.1, -0.05) is 11.6 Å². The van der Waals surface area contributed by atoms with Crippen molar-refractivity contribution in [2.24, 2.45) is 0 Å². The van der Waals surface area contributed by atoms with Crippen molar-refractivity contribution in [2.75, 3.05) is 26.3 Å². The predicted molar refractivity (Wildman–Crippen MR) is 115 cm³/mol. The van der Waals surface area contributed by atoms with Gasteiger partial charge in [0.15, 0.2) is 6.61 Å². The Bertz CT molecular complexity index is 861. The third-order valence-corrected chi connectivity index (χ3v) is 5.77. The van der Waals surface area contributed by atoms with Crippen LogP contribution in [0.1, 0.15) is 31.4 Å². The molecule has 2 aliphatic rings. The molecule has 2 fully saturated rings. The minimum atomic E-state index is -0.194. The molecule has 1 aromatic carbocycles. The first-order valence-corrected chi connectivity index (χ1v) is 11.1. The van der Waals surface area contributed by atoms with Crippen LogP contribution in [0.2, 0.25) is 5.02 Å². The molecule has 7 nitrogen and oxygen atoms in total. The second-order valence-electron chi connectivity index (χ2n) is 7.98.